The summed E-state index contributed by atoms with van der Waals surface area (Å²) in [6.45, 7) is 2.00. The fraction of sp³-hybridized carbons (Fsp3) is 0.211. The van der Waals surface area contributed by atoms with Crippen molar-refractivity contribution in [3.05, 3.63) is 73.7 Å². The molecule has 0 spiro atoms. The number of hydrogen-bond donors (Lipinski definition) is 2. The van der Waals surface area contributed by atoms with Crippen LogP contribution in [0.5, 0.6) is 0 Å². The van der Waals surface area contributed by atoms with Gasteiger partial charge >= 0.3 is 0 Å². The quantitative estimate of drug-likeness (QED) is 0.661. The highest BCUT2D eigenvalue weighted by atomic mass is 35.5. The monoisotopic (exact) mass is 387 g/mol. The van der Waals surface area contributed by atoms with Crippen LogP contribution in [0, 0.1) is 4.77 Å². The van der Waals surface area contributed by atoms with Crippen LogP contribution < -0.4 is 10.9 Å². The topological polar surface area (TPSA) is 66.9 Å². The lowest BCUT2D eigenvalue weighted by atomic mass is 10.0. The summed E-state index contributed by atoms with van der Waals surface area (Å²) in [5.74, 6) is -0.214. The average molecular weight is 388 g/mol. The maximum absolute atomic E-state index is 12.7. The third-order valence-electron chi connectivity index (χ3n) is 4.35. The predicted octanol–water partition coefficient (Wildman–Crippen LogP) is 4.13. The summed E-state index contributed by atoms with van der Waals surface area (Å²) in [5.41, 5.74) is 1.80. The van der Waals surface area contributed by atoms with Crippen molar-refractivity contribution in [3.8, 4) is 0 Å². The second kappa shape index (κ2) is 7.43. The van der Waals surface area contributed by atoms with Crippen molar-refractivity contribution in [1.82, 2.24) is 14.9 Å². The number of hydrogen-bond acceptors (Lipinski definition) is 3. The van der Waals surface area contributed by atoms with Crippen LogP contribution in [-0.4, -0.2) is 15.5 Å². The normalized spacial score (nSPS) is 12.1. The van der Waals surface area contributed by atoms with E-state index >= 15 is 0 Å². The van der Waals surface area contributed by atoms with Crippen molar-refractivity contribution in [3.63, 3.8) is 0 Å². The van der Waals surface area contributed by atoms with E-state index in [1.807, 2.05) is 19.1 Å². The number of H-pyrrole nitrogens is 1. The lowest BCUT2D eigenvalue weighted by Crippen LogP contribution is -2.28. The van der Waals surface area contributed by atoms with E-state index in [4.69, 9.17) is 23.8 Å². The molecule has 0 bridgehead atoms. The predicted molar refractivity (Wildman–Crippen MR) is 106 cm³/mol. The van der Waals surface area contributed by atoms with Crippen molar-refractivity contribution in [2.45, 2.75) is 19.4 Å². The minimum atomic E-state index is -0.214. The largest absolute Gasteiger partial charge is 0.345 e. The van der Waals surface area contributed by atoms with E-state index in [0.29, 0.717) is 26.3 Å². The molecule has 3 rings (SSSR count). The molecule has 7 heteroatoms. The maximum atomic E-state index is 12.7. The number of amides is 1. The molecule has 5 nitrogen and oxygen atoms in total. The van der Waals surface area contributed by atoms with Crippen LogP contribution in [0.3, 0.4) is 0 Å². The van der Waals surface area contributed by atoms with Crippen molar-refractivity contribution < 1.29 is 4.79 Å². The van der Waals surface area contributed by atoms with Gasteiger partial charge in [-0.3, -0.25) is 14.2 Å². The minimum Gasteiger partial charge on any atom is -0.345 e. The molecule has 2 aromatic carbocycles. The van der Waals surface area contributed by atoms with E-state index in [1.165, 1.54) is 4.57 Å². The maximum Gasteiger partial charge on any atom is 0.261 e. The van der Waals surface area contributed by atoms with E-state index in [9.17, 15) is 9.59 Å². The zero-order chi connectivity index (χ0) is 18.8. The summed E-state index contributed by atoms with van der Waals surface area (Å²) in [4.78, 5) is 27.9. The molecule has 0 saturated heterocycles. The Morgan fingerprint density at radius 2 is 1.96 bits per heavy atom. The van der Waals surface area contributed by atoms with Crippen molar-refractivity contribution in [2.75, 3.05) is 0 Å². The molecule has 0 unspecified atom stereocenters. The third kappa shape index (κ3) is 3.57. The molecule has 1 aromatic heterocycles. The highest BCUT2D eigenvalue weighted by molar-refractivity contribution is 7.71. The van der Waals surface area contributed by atoms with Crippen molar-refractivity contribution in [1.29, 1.82) is 0 Å². The Labute approximate surface area is 160 Å². The van der Waals surface area contributed by atoms with Crippen LogP contribution in [0.1, 0.15) is 35.3 Å². The fourth-order valence-electron chi connectivity index (χ4n) is 2.81. The number of benzene rings is 2. The van der Waals surface area contributed by atoms with Gasteiger partial charge in [-0.1, -0.05) is 30.7 Å². The summed E-state index contributed by atoms with van der Waals surface area (Å²) in [6.07, 6.45) is 0.740. The smallest absolute Gasteiger partial charge is 0.261 e. The van der Waals surface area contributed by atoms with Gasteiger partial charge in [-0.25, -0.2) is 0 Å². The molecule has 134 valence electrons. The van der Waals surface area contributed by atoms with Crippen LogP contribution >= 0.6 is 23.8 Å². The summed E-state index contributed by atoms with van der Waals surface area (Å²) in [5, 5.41) is 4.16. The molecule has 1 amide bonds. The molecule has 0 fully saturated rings. The molecule has 1 heterocycles. The molecule has 3 aromatic rings. The van der Waals surface area contributed by atoms with Crippen LogP contribution in [0.2, 0.25) is 5.02 Å². The summed E-state index contributed by atoms with van der Waals surface area (Å²) < 4.78 is 1.68. The average Bonchev–Trinajstić information content (AvgIpc) is 2.64. The van der Waals surface area contributed by atoms with Crippen molar-refractivity contribution >= 4 is 40.6 Å². The van der Waals surface area contributed by atoms with Gasteiger partial charge in [-0.2, -0.15) is 0 Å². The highest BCUT2D eigenvalue weighted by Crippen LogP contribution is 2.20. The standard InChI is InChI=1S/C19H18ClN3O2S/c1-3-15(11-4-7-13(20)8-5-11)21-17(24)12-6-9-14-16(10-12)22-19(26)23(2)18(14)25/h4-10,15H,3H2,1-2H3,(H,21,24)(H,22,26)/t15-/m1/s1. The first-order valence-electron chi connectivity index (χ1n) is 8.20. The number of carbonyl (C=O) groups is 1. The molecule has 1 atom stereocenters. The molecule has 0 radical (unpaired) electrons. The fourth-order valence-corrected chi connectivity index (χ4v) is 3.12. The third-order valence-corrected chi connectivity index (χ3v) is 4.98. The number of aromatic nitrogens is 2. The van der Waals surface area contributed by atoms with Crippen LogP contribution in [-0.2, 0) is 7.05 Å². The number of fused-ring (bicyclic) bond motifs is 1. The summed E-state index contributed by atoms with van der Waals surface area (Å²) >= 11 is 11.1. The number of halogens is 1. The Morgan fingerprint density at radius 1 is 1.27 bits per heavy atom. The van der Waals surface area contributed by atoms with Gasteiger partial charge in [0.1, 0.15) is 0 Å². The van der Waals surface area contributed by atoms with E-state index in [-0.39, 0.29) is 17.5 Å². The molecule has 0 saturated carbocycles. The summed E-state index contributed by atoms with van der Waals surface area (Å²) in [6, 6.07) is 12.2. The number of rotatable bonds is 4. The zero-order valence-electron chi connectivity index (χ0n) is 14.4. The van der Waals surface area contributed by atoms with Gasteiger partial charge in [0, 0.05) is 17.6 Å². The zero-order valence-corrected chi connectivity index (χ0v) is 15.9. The molecule has 0 aliphatic heterocycles. The van der Waals surface area contributed by atoms with E-state index < -0.39 is 0 Å². The van der Waals surface area contributed by atoms with Crippen LogP contribution in [0.15, 0.2) is 47.3 Å². The van der Waals surface area contributed by atoms with Crippen LogP contribution in [0.25, 0.3) is 10.9 Å². The lowest BCUT2D eigenvalue weighted by Gasteiger charge is -2.18. The van der Waals surface area contributed by atoms with E-state index in [2.05, 4.69) is 10.3 Å². The number of aromatic amines is 1. The van der Waals surface area contributed by atoms with Gasteiger partial charge in [0.05, 0.1) is 16.9 Å². The Balaban J connectivity index is 1.91. The first kappa shape index (κ1) is 18.4. The second-order valence-electron chi connectivity index (χ2n) is 6.04. The Bertz CT molecular complexity index is 1090. The molecule has 2 N–H and O–H groups in total. The molecule has 26 heavy (non-hydrogen) atoms. The first-order chi connectivity index (χ1) is 12.4. The Morgan fingerprint density at radius 3 is 2.62 bits per heavy atom. The van der Waals surface area contributed by atoms with Crippen molar-refractivity contribution in [2.24, 2.45) is 7.05 Å². The van der Waals surface area contributed by atoms with Gasteiger partial charge in [0.25, 0.3) is 11.5 Å². The van der Waals surface area contributed by atoms with Gasteiger partial charge in [0.2, 0.25) is 0 Å². The minimum absolute atomic E-state index is 0.127. The van der Waals surface area contributed by atoms with Crippen LogP contribution in [0.4, 0.5) is 0 Å². The van der Waals surface area contributed by atoms with Gasteiger partial charge < -0.3 is 10.3 Å². The first-order valence-corrected chi connectivity index (χ1v) is 8.98. The van der Waals surface area contributed by atoms with E-state index in [1.54, 1.807) is 37.4 Å². The van der Waals surface area contributed by atoms with Gasteiger partial charge in [-0.15, -0.1) is 0 Å². The second-order valence-corrected chi connectivity index (χ2v) is 6.86. The molecular formula is C19H18ClN3O2S. The lowest BCUT2D eigenvalue weighted by molar-refractivity contribution is 0.0935. The SMILES string of the molecule is CC[C@@H](NC(=O)c1ccc2c(=O)n(C)c(=S)[nH]c2c1)c1ccc(Cl)cc1. The van der Waals surface area contributed by atoms with E-state index in [0.717, 1.165) is 12.0 Å². The highest BCUT2D eigenvalue weighted by Gasteiger charge is 2.15. The number of nitrogens with one attached hydrogen (secondary N) is 2. The Hall–Kier alpha value is -2.44. The van der Waals surface area contributed by atoms with Gasteiger partial charge in [-0.05, 0) is 54.5 Å². The summed E-state index contributed by atoms with van der Waals surface area (Å²) in [7, 11) is 1.61. The Kier molecular flexibility index (Phi) is 5.25. The number of nitrogens with zero attached hydrogens (tertiary/aromatic N) is 1. The molecular weight excluding hydrogens is 370 g/mol. The number of carbonyl (C=O) groups excluding carboxylic acids is 1. The molecule has 0 aliphatic carbocycles. The molecule has 0 aliphatic rings. The van der Waals surface area contributed by atoms with Gasteiger partial charge in [0.15, 0.2) is 4.77 Å².